The van der Waals surface area contributed by atoms with Crippen molar-refractivity contribution in [2.24, 2.45) is 0 Å². The second-order valence-corrected chi connectivity index (χ2v) is 8.95. The summed E-state index contributed by atoms with van der Waals surface area (Å²) in [6.45, 7) is 4.98. The maximum absolute atomic E-state index is 12.2. The lowest BCUT2D eigenvalue weighted by Crippen LogP contribution is -2.34. The molecule has 0 fully saturated rings. The first kappa shape index (κ1) is 25.0. The van der Waals surface area contributed by atoms with Crippen molar-refractivity contribution in [3.8, 4) is 11.5 Å². The summed E-state index contributed by atoms with van der Waals surface area (Å²) in [5.41, 5.74) is 2.27. The van der Waals surface area contributed by atoms with Crippen LogP contribution in [0.5, 0.6) is 11.5 Å². The summed E-state index contributed by atoms with van der Waals surface area (Å²) in [5, 5.41) is 22.0. The fourth-order valence-corrected chi connectivity index (χ4v) is 3.46. The summed E-state index contributed by atoms with van der Waals surface area (Å²) in [6, 6.07) is 7.85. The fraction of sp³-hybridized carbons (Fsp3) is 0.333. The standard InChI is InChI=1S/C21H27N3O7S/c1-4-24(8-7-22-32(3,29)30)16-5-6-18(14(2)9-16)23-21(28)31-13-15-10-19(26)17(12-25)20(27)11-15/h5-6,9-12,22,26-27H,4,7-8,13H2,1-3H3,(H,23,28). The van der Waals surface area contributed by atoms with Crippen LogP contribution in [0.2, 0.25) is 0 Å². The fourth-order valence-electron chi connectivity index (χ4n) is 3.00. The minimum Gasteiger partial charge on any atom is -0.507 e. The molecule has 174 valence electrons. The number of hydrogen-bond donors (Lipinski definition) is 4. The molecule has 0 bridgehead atoms. The number of phenols is 2. The quantitative estimate of drug-likeness (QED) is 0.391. The van der Waals surface area contributed by atoms with Gasteiger partial charge in [0.1, 0.15) is 18.1 Å². The van der Waals surface area contributed by atoms with Gasteiger partial charge in [0.15, 0.2) is 6.29 Å². The highest BCUT2D eigenvalue weighted by molar-refractivity contribution is 7.88. The number of ether oxygens (including phenoxy) is 1. The molecular weight excluding hydrogens is 438 g/mol. The number of aldehydes is 1. The van der Waals surface area contributed by atoms with E-state index in [0.717, 1.165) is 17.5 Å². The number of anilines is 2. The zero-order chi connectivity index (χ0) is 23.9. The lowest BCUT2D eigenvalue weighted by atomic mass is 10.1. The van der Waals surface area contributed by atoms with E-state index in [1.54, 1.807) is 12.1 Å². The van der Waals surface area contributed by atoms with Crippen LogP contribution in [0.1, 0.15) is 28.4 Å². The predicted molar refractivity (Wildman–Crippen MR) is 121 cm³/mol. The Hall–Kier alpha value is -3.31. The number of likely N-dealkylation sites (N-methyl/N-ethyl adjacent to an activating group) is 1. The van der Waals surface area contributed by atoms with Gasteiger partial charge >= 0.3 is 6.09 Å². The third kappa shape index (κ3) is 7.13. The van der Waals surface area contributed by atoms with E-state index in [2.05, 4.69) is 10.0 Å². The number of phenolic OH excluding ortho intramolecular Hbond substituents is 2. The second kappa shape index (κ2) is 10.8. The third-order valence-corrected chi connectivity index (χ3v) is 5.35. The van der Waals surface area contributed by atoms with E-state index in [1.165, 1.54) is 12.1 Å². The molecule has 2 aromatic rings. The van der Waals surface area contributed by atoms with Crippen molar-refractivity contribution in [1.29, 1.82) is 0 Å². The summed E-state index contributed by atoms with van der Waals surface area (Å²) in [7, 11) is -3.25. The van der Waals surface area contributed by atoms with Crippen molar-refractivity contribution < 1.29 is 33.0 Å². The number of aromatic hydroxyl groups is 2. The van der Waals surface area contributed by atoms with Crippen molar-refractivity contribution >= 4 is 33.8 Å². The second-order valence-electron chi connectivity index (χ2n) is 7.11. The highest BCUT2D eigenvalue weighted by Crippen LogP contribution is 2.27. The average Bonchev–Trinajstić information content (AvgIpc) is 2.70. The van der Waals surface area contributed by atoms with Crippen molar-refractivity contribution in [2.75, 3.05) is 36.1 Å². The first-order chi connectivity index (χ1) is 15.0. The van der Waals surface area contributed by atoms with Gasteiger partial charge in [-0.25, -0.2) is 17.9 Å². The summed E-state index contributed by atoms with van der Waals surface area (Å²) in [5.74, 6) is -0.810. The molecule has 1 amide bonds. The Labute approximate surface area is 186 Å². The molecule has 11 heteroatoms. The first-order valence-corrected chi connectivity index (χ1v) is 11.7. The van der Waals surface area contributed by atoms with Crippen LogP contribution in [0.25, 0.3) is 0 Å². The number of hydrogen-bond acceptors (Lipinski definition) is 8. The number of amides is 1. The molecule has 10 nitrogen and oxygen atoms in total. The van der Waals surface area contributed by atoms with Gasteiger partial charge in [-0.1, -0.05) is 0 Å². The lowest BCUT2D eigenvalue weighted by Gasteiger charge is -2.24. The minimum atomic E-state index is -3.25. The van der Waals surface area contributed by atoms with Gasteiger partial charge in [0.05, 0.1) is 11.8 Å². The highest BCUT2D eigenvalue weighted by Gasteiger charge is 2.13. The van der Waals surface area contributed by atoms with E-state index in [1.807, 2.05) is 24.8 Å². The molecule has 4 N–H and O–H groups in total. The van der Waals surface area contributed by atoms with Crippen molar-refractivity contribution in [2.45, 2.75) is 20.5 Å². The van der Waals surface area contributed by atoms with Gasteiger partial charge in [-0.2, -0.15) is 0 Å². The largest absolute Gasteiger partial charge is 0.507 e. The SMILES string of the molecule is CCN(CCNS(C)(=O)=O)c1ccc(NC(=O)OCc2cc(O)c(C=O)c(O)c2)c(C)c1. The van der Waals surface area contributed by atoms with Crippen LogP contribution < -0.4 is 14.9 Å². The van der Waals surface area contributed by atoms with Gasteiger partial charge in [-0.15, -0.1) is 0 Å². The molecule has 0 aliphatic rings. The number of nitrogens with zero attached hydrogens (tertiary/aromatic N) is 1. The van der Waals surface area contributed by atoms with Crippen LogP contribution in [0, 0.1) is 6.92 Å². The molecule has 0 unspecified atom stereocenters. The molecule has 0 aliphatic carbocycles. The van der Waals surface area contributed by atoms with Crippen molar-refractivity contribution in [3.63, 3.8) is 0 Å². The molecule has 0 aromatic heterocycles. The van der Waals surface area contributed by atoms with Gasteiger partial charge in [-0.05, 0) is 55.3 Å². The maximum Gasteiger partial charge on any atom is 0.411 e. The van der Waals surface area contributed by atoms with Crippen LogP contribution in [-0.4, -0.2) is 56.9 Å². The number of benzene rings is 2. The van der Waals surface area contributed by atoms with Crippen molar-refractivity contribution in [3.05, 3.63) is 47.0 Å². The normalized spacial score (nSPS) is 11.1. The van der Waals surface area contributed by atoms with Crippen LogP contribution in [-0.2, 0) is 21.4 Å². The van der Waals surface area contributed by atoms with E-state index in [4.69, 9.17) is 4.74 Å². The minimum absolute atomic E-state index is 0.222. The predicted octanol–water partition coefficient (Wildman–Crippen LogP) is 2.34. The zero-order valence-electron chi connectivity index (χ0n) is 18.1. The topological polar surface area (TPSA) is 145 Å². The highest BCUT2D eigenvalue weighted by atomic mass is 32.2. The molecule has 2 aromatic carbocycles. The Morgan fingerprint density at radius 2 is 1.84 bits per heavy atom. The van der Waals surface area contributed by atoms with Gasteiger partial charge in [-0.3, -0.25) is 10.1 Å². The van der Waals surface area contributed by atoms with Gasteiger partial charge in [0, 0.05) is 31.0 Å². The van der Waals surface area contributed by atoms with Crippen LogP contribution >= 0.6 is 0 Å². The molecule has 0 heterocycles. The van der Waals surface area contributed by atoms with Crippen molar-refractivity contribution in [1.82, 2.24) is 4.72 Å². The Morgan fingerprint density at radius 3 is 2.38 bits per heavy atom. The molecular formula is C21H27N3O7S. The monoisotopic (exact) mass is 465 g/mol. The van der Waals surface area contributed by atoms with E-state index >= 15 is 0 Å². The number of aryl methyl sites for hydroxylation is 1. The molecule has 0 atom stereocenters. The molecule has 0 spiro atoms. The summed E-state index contributed by atoms with van der Waals surface area (Å²) < 4.78 is 30.0. The Balaban J connectivity index is 1.98. The summed E-state index contributed by atoms with van der Waals surface area (Å²) >= 11 is 0. The number of carbonyl (C=O) groups is 2. The Kier molecular flexibility index (Phi) is 8.44. The summed E-state index contributed by atoms with van der Waals surface area (Å²) in [6.07, 6.45) is 0.707. The Morgan fingerprint density at radius 1 is 1.19 bits per heavy atom. The van der Waals surface area contributed by atoms with Gasteiger partial charge < -0.3 is 19.8 Å². The first-order valence-electron chi connectivity index (χ1n) is 9.78. The smallest absolute Gasteiger partial charge is 0.411 e. The third-order valence-electron chi connectivity index (χ3n) is 4.62. The van der Waals surface area contributed by atoms with Crippen LogP contribution in [0.15, 0.2) is 30.3 Å². The number of nitrogens with one attached hydrogen (secondary N) is 2. The summed E-state index contributed by atoms with van der Waals surface area (Å²) in [4.78, 5) is 24.9. The van der Waals surface area contributed by atoms with Gasteiger partial charge in [0.2, 0.25) is 10.0 Å². The number of rotatable bonds is 10. The molecule has 32 heavy (non-hydrogen) atoms. The molecule has 0 radical (unpaired) electrons. The molecule has 0 aliphatic heterocycles. The van der Waals surface area contributed by atoms with Crippen LogP contribution in [0.4, 0.5) is 16.2 Å². The average molecular weight is 466 g/mol. The maximum atomic E-state index is 12.2. The molecule has 0 saturated carbocycles. The lowest BCUT2D eigenvalue weighted by molar-refractivity contribution is 0.111. The zero-order valence-corrected chi connectivity index (χ0v) is 18.9. The van der Waals surface area contributed by atoms with E-state index in [9.17, 15) is 28.2 Å². The van der Waals surface area contributed by atoms with E-state index in [-0.39, 0.29) is 18.7 Å². The van der Waals surface area contributed by atoms with E-state index < -0.39 is 27.6 Å². The molecule has 2 rings (SSSR count). The van der Waals surface area contributed by atoms with E-state index in [0.29, 0.717) is 30.6 Å². The Bertz CT molecular complexity index is 1060. The number of carbonyl (C=O) groups excluding carboxylic acids is 2. The van der Waals surface area contributed by atoms with Gasteiger partial charge in [0.25, 0.3) is 0 Å². The number of sulfonamides is 1. The van der Waals surface area contributed by atoms with Crippen LogP contribution in [0.3, 0.4) is 0 Å². The molecule has 0 saturated heterocycles.